The molecule has 0 heterocycles. The van der Waals surface area contributed by atoms with E-state index in [1.807, 2.05) is 19.1 Å². The van der Waals surface area contributed by atoms with Crippen LogP contribution >= 0.6 is 24.0 Å². The molecule has 1 fully saturated rings. The lowest BCUT2D eigenvalue weighted by Gasteiger charge is -2.13. The Morgan fingerprint density at radius 2 is 1.89 bits per heavy atom. The first-order chi connectivity index (χ1) is 12.9. The molecule has 0 aromatic heterocycles. The average molecular weight is 524 g/mol. The van der Waals surface area contributed by atoms with Crippen molar-refractivity contribution in [3.63, 3.8) is 0 Å². The Bertz CT molecular complexity index is 737. The topological polar surface area (TPSA) is 91.8 Å². The van der Waals surface area contributed by atoms with Gasteiger partial charge in [-0.15, -0.1) is 24.0 Å². The molecule has 1 aliphatic rings. The molecule has 1 saturated carbocycles. The van der Waals surface area contributed by atoms with Gasteiger partial charge in [-0.25, -0.2) is 13.1 Å². The smallest absolute Gasteiger partial charge is 0.240 e. The summed E-state index contributed by atoms with van der Waals surface area (Å²) in [4.78, 5) is 4.47. The Labute approximate surface area is 186 Å². The summed E-state index contributed by atoms with van der Waals surface area (Å²) in [5.74, 6) is 1.45. The number of rotatable bonds is 11. The predicted molar refractivity (Wildman–Crippen MR) is 124 cm³/mol. The van der Waals surface area contributed by atoms with Gasteiger partial charge in [-0.05, 0) is 56.2 Å². The van der Waals surface area contributed by atoms with Crippen molar-refractivity contribution < 1.29 is 13.2 Å². The maximum Gasteiger partial charge on any atom is 0.240 e. The molecule has 2 rings (SSSR count). The zero-order valence-electron chi connectivity index (χ0n) is 17.0. The molecule has 160 valence electrons. The number of benzene rings is 1. The highest BCUT2D eigenvalue weighted by molar-refractivity contribution is 14.0. The highest BCUT2D eigenvalue weighted by atomic mass is 127. The van der Waals surface area contributed by atoms with Gasteiger partial charge in [-0.3, -0.25) is 4.99 Å². The van der Waals surface area contributed by atoms with Crippen LogP contribution in [0.15, 0.2) is 28.1 Å². The van der Waals surface area contributed by atoms with Gasteiger partial charge in [0.15, 0.2) is 5.96 Å². The first-order valence-corrected chi connectivity index (χ1v) is 11.0. The fourth-order valence-corrected chi connectivity index (χ4v) is 3.94. The number of hydrogen-bond donors (Lipinski definition) is 3. The maximum absolute atomic E-state index is 12.4. The van der Waals surface area contributed by atoms with E-state index in [0.29, 0.717) is 17.4 Å². The normalized spacial score (nSPS) is 14.5. The molecule has 0 unspecified atom stereocenters. The standard InChI is InChI=1S/C19H32N4O3S.HI/c1-15-5-6-16(2)18(13-15)27(24,25)23-11-10-22-19(20-3)21-9-4-12-26-14-17-7-8-17;/h5-6,13,17,23H,4,7-12,14H2,1-3H3,(H2,20,21,22);1H. The number of nitrogens with zero attached hydrogens (tertiary/aromatic N) is 1. The molecule has 0 amide bonds. The fraction of sp³-hybridized carbons (Fsp3) is 0.632. The lowest BCUT2D eigenvalue weighted by atomic mass is 10.2. The number of halogens is 1. The predicted octanol–water partition coefficient (Wildman–Crippen LogP) is 2.18. The summed E-state index contributed by atoms with van der Waals surface area (Å²) >= 11 is 0. The molecule has 3 N–H and O–H groups in total. The number of aliphatic imine (C=N–C) groups is 1. The SMILES string of the molecule is CN=C(NCCCOCC1CC1)NCCNS(=O)(=O)c1cc(C)ccc1C.I. The van der Waals surface area contributed by atoms with Gasteiger partial charge in [0.2, 0.25) is 10.0 Å². The first kappa shape index (κ1) is 25.1. The molecule has 7 nitrogen and oxygen atoms in total. The van der Waals surface area contributed by atoms with Crippen LogP contribution in [0.25, 0.3) is 0 Å². The summed E-state index contributed by atoms with van der Waals surface area (Å²) < 4.78 is 33.1. The molecule has 0 bridgehead atoms. The minimum absolute atomic E-state index is 0. The molecular weight excluding hydrogens is 491 g/mol. The van der Waals surface area contributed by atoms with Crippen molar-refractivity contribution in [1.82, 2.24) is 15.4 Å². The minimum atomic E-state index is -3.51. The van der Waals surface area contributed by atoms with Gasteiger partial charge in [-0.1, -0.05) is 12.1 Å². The van der Waals surface area contributed by atoms with E-state index < -0.39 is 10.0 Å². The Balaban J connectivity index is 0.00000392. The van der Waals surface area contributed by atoms with Gasteiger partial charge in [0.1, 0.15) is 0 Å². The maximum atomic E-state index is 12.4. The third-order valence-corrected chi connectivity index (χ3v) is 5.98. The Hall–Kier alpha value is -0.910. The van der Waals surface area contributed by atoms with Crippen LogP contribution in [0.2, 0.25) is 0 Å². The number of sulfonamides is 1. The highest BCUT2D eigenvalue weighted by Crippen LogP contribution is 2.28. The Kier molecular flexibility index (Phi) is 11.3. The molecule has 0 radical (unpaired) electrons. The fourth-order valence-electron chi connectivity index (χ4n) is 2.58. The summed E-state index contributed by atoms with van der Waals surface area (Å²) in [5, 5.41) is 6.31. The van der Waals surface area contributed by atoms with Gasteiger partial charge in [-0.2, -0.15) is 0 Å². The number of aryl methyl sites for hydroxylation is 2. The number of guanidine groups is 1. The molecule has 28 heavy (non-hydrogen) atoms. The van der Waals surface area contributed by atoms with Crippen molar-refractivity contribution in [2.24, 2.45) is 10.9 Å². The molecule has 0 spiro atoms. The van der Waals surface area contributed by atoms with E-state index in [1.165, 1.54) is 12.8 Å². The molecule has 1 aromatic rings. The molecular formula is C19H33IN4O3S. The quantitative estimate of drug-likeness (QED) is 0.179. The lowest BCUT2D eigenvalue weighted by Crippen LogP contribution is -2.42. The van der Waals surface area contributed by atoms with Crippen LogP contribution in [0, 0.1) is 19.8 Å². The second kappa shape index (κ2) is 12.6. The van der Waals surface area contributed by atoms with Crippen LogP contribution in [0.4, 0.5) is 0 Å². The van der Waals surface area contributed by atoms with Crippen LogP contribution in [-0.2, 0) is 14.8 Å². The summed E-state index contributed by atoms with van der Waals surface area (Å²) in [5.41, 5.74) is 1.66. The summed E-state index contributed by atoms with van der Waals surface area (Å²) in [6.45, 7) is 6.80. The third-order valence-electron chi connectivity index (χ3n) is 4.37. The van der Waals surface area contributed by atoms with Gasteiger partial charge in [0, 0.05) is 39.9 Å². The van der Waals surface area contributed by atoms with E-state index in [9.17, 15) is 8.42 Å². The lowest BCUT2D eigenvalue weighted by molar-refractivity contribution is 0.123. The van der Waals surface area contributed by atoms with Gasteiger partial charge < -0.3 is 15.4 Å². The second-order valence-electron chi connectivity index (χ2n) is 6.96. The van der Waals surface area contributed by atoms with Crippen molar-refractivity contribution in [3.05, 3.63) is 29.3 Å². The van der Waals surface area contributed by atoms with E-state index in [2.05, 4.69) is 20.3 Å². The van der Waals surface area contributed by atoms with Crippen LogP contribution in [0.3, 0.4) is 0 Å². The molecule has 1 aliphatic carbocycles. The van der Waals surface area contributed by atoms with Crippen LogP contribution in [-0.4, -0.2) is 54.3 Å². The molecule has 0 aliphatic heterocycles. The van der Waals surface area contributed by atoms with Crippen molar-refractivity contribution in [2.45, 2.75) is 38.0 Å². The Morgan fingerprint density at radius 3 is 2.57 bits per heavy atom. The second-order valence-corrected chi connectivity index (χ2v) is 8.70. The van der Waals surface area contributed by atoms with E-state index in [0.717, 1.165) is 43.2 Å². The van der Waals surface area contributed by atoms with Crippen LogP contribution in [0.1, 0.15) is 30.4 Å². The van der Waals surface area contributed by atoms with E-state index in [1.54, 1.807) is 20.0 Å². The van der Waals surface area contributed by atoms with Crippen molar-refractivity contribution >= 4 is 40.0 Å². The van der Waals surface area contributed by atoms with Gasteiger partial charge in [0.25, 0.3) is 0 Å². The summed E-state index contributed by atoms with van der Waals surface area (Å²) in [7, 11) is -1.82. The average Bonchev–Trinajstić information content (AvgIpc) is 3.46. The number of ether oxygens (including phenoxy) is 1. The van der Waals surface area contributed by atoms with Crippen molar-refractivity contribution in [3.8, 4) is 0 Å². The monoisotopic (exact) mass is 524 g/mol. The highest BCUT2D eigenvalue weighted by Gasteiger charge is 2.20. The van der Waals surface area contributed by atoms with Gasteiger partial charge >= 0.3 is 0 Å². The first-order valence-electron chi connectivity index (χ1n) is 9.51. The molecule has 9 heteroatoms. The van der Waals surface area contributed by atoms with Crippen LogP contribution in [0.5, 0.6) is 0 Å². The largest absolute Gasteiger partial charge is 0.381 e. The molecule has 0 atom stereocenters. The zero-order chi connectivity index (χ0) is 19.7. The third kappa shape index (κ3) is 9.06. The van der Waals surface area contributed by atoms with Crippen molar-refractivity contribution in [2.75, 3.05) is 39.9 Å². The Morgan fingerprint density at radius 1 is 1.18 bits per heavy atom. The summed E-state index contributed by atoms with van der Waals surface area (Å²) in [6, 6.07) is 5.42. The van der Waals surface area contributed by atoms with Crippen molar-refractivity contribution in [1.29, 1.82) is 0 Å². The van der Waals surface area contributed by atoms with E-state index in [4.69, 9.17) is 4.74 Å². The van der Waals surface area contributed by atoms with Crippen LogP contribution < -0.4 is 15.4 Å². The van der Waals surface area contributed by atoms with Gasteiger partial charge in [0.05, 0.1) is 4.90 Å². The molecule has 1 aromatic carbocycles. The summed E-state index contributed by atoms with van der Waals surface area (Å²) in [6.07, 6.45) is 3.52. The zero-order valence-corrected chi connectivity index (χ0v) is 20.1. The van der Waals surface area contributed by atoms with E-state index >= 15 is 0 Å². The minimum Gasteiger partial charge on any atom is -0.381 e. The number of hydrogen-bond acceptors (Lipinski definition) is 4. The number of nitrogens with one attached hydrogen (secondary N) is 3. The van der Waals surface area contributed by atoms with E-state index in [-0.39, 0.29) is 30.5 Å². The molecule has 0 saturated heterocycles.